The van der Waals surface area contributed by atoms with Gasteiger partial charge < -0.3 is 19.5 Å². The van der Waals surface area contributed by atoms with Crippen molar-refractivity contribution in [3.8, 4) is 17.2 Å². The molecule has 1 unspecified atom stereocenters. The molecule has 0 aliphatic carbocycles. The predicted octanol–water partition coefficient (Wildman–Crippen LogP) is 2.41. The fraction of sp³-hybridized carbons (Fsp3) is 0.278. The number of amides is 1. The predicted molar refractivity (Wildman–Crippen MR) is 85.9 cm³/mol. The lowest BCUT2D eigenvalue weighted by molar-refractivity contribution is -0.130. The molecule has 2 aromatic carbocycles. The lowest BCUT2D eigenvalue weighted by atomic mass is 10.2. The summed E-state index contributed by atoms with van der Waals surface area (Å²) in [5.41, 5.74) is 0. The van der Waals surface area contributed by atoms with Crippen LogP contribution in [0.15, 0.2) is 54.6 Å². The number of ether oxygens (including phenoxy) is 3. The molecule has 1 heterocycles. The van der Waals surface area contributed by atoms with Crippen LogP contribution < -0.4 is 19.5 Å². The fourth-order valence-electron chi connectivity index (χ4n) is 2.25. The highest BCUT2D eigenvalue weighted by atomic mass is 16.6. The van der Waals surface area contributed by atoms with Crippen molar-refractivity contribution in [3.63, 3.8) is 0 Å². The van der Waals surface area contributed by atoms with Crippen LogP contribution in [0.25, 0.3) is 0 Å². The minimum Gasteiger partial charge on any atom is -0.494 e. The van der Waals surface area contributed by atoms with Crippen molar-refractivity contribution < 1.29 is 19.0 Å². The number of nitrogens with one attached hydrogen (secondary N) is 1. The first-order chi connectivity index (χ1) is 11.3. The van der Waals surface area contributed by atoms with E-state index in [0.29, 0.717) is 24.7 Å². The average molecular weight is 313 g/mol. The van der Waals surface area contributed by atoms with E-state index in [1.54, 1.807) is 6.07 Å². The lowest BCUT2D eigenvalue weighted by Crippen LogP contribution is -2.44. The number of para-hydroxylation sites is 3. The van der Waals surface area contributed by atoms with Crippen LogP contribution in [-0.2, 0) is 4.79 Å². The maximum atomic E-state index is 12.1. The first-order valence-electron chi connectivity index (χ1n) is 7.67. The molecule has 1 amide bonds. The molecule has 0 aromatic heterocycles. The fourth-order valence-corrected chi connectivity index (χ4v) is 2.25. The molecular formula is C18H19NO4. The van der Waals surface area contributed by atoms with Gasteiger partial charge in [0, 0.05) is 6.54 Å². The van der Waals surface area contributed by atoms with E-state index in [2.05, 4.69) is 5.32 Å². The molecule has 1 aliphatic heterocycles. The molecule has 3 rings (SSSR count). The third-order valence-electron chi connectivity index (χ3n) is 3.43. The smallest absolute Gasteiger partial charge is 0.264 e. The Balaban J connectivity index is 1.37. The zero-order valence-electron chi connectivity index (χ0n) is 12.7. The van der Waals surface area contributed by atoms with Gasteiger partial charge in [0.1, 0.15) is 12.4 Å². The van der Waals surface area contributed by atoms with Crippen molar-refractivity contribution in [1.82, 2.24) is 5.32 Å². The van der Waals surface area contributed by atoms with Crippen molar-refractivity contribution in [1.29, 1.82) is 0 Å². The highest BCUT2D eigenvalue weighted by Gasteiger charge is 2.26. The van der Waals surface area contributed by atoms with Crippen LogP contribution in [0.5, 0.6) is 17.2 Å². The zero-order valence-corrected chi connectivity index (χ0v) is 12.7. The van der Waals surface area contributed by atoms with E-state index in [9.17, 15) is 4.79 Å². The van der Waals surface area contributed by atoms with Crippen LogP contribution in [0.4, 0.5) is 0 Å². The second kappa shape index (κ2) is 7.54. The van der Waals surface area contributed by atoms with Crippen LogP contribution >= 0.6 is 0 Å². The van der Waals surface area contributed by atoms with Gasteiger partial charge in [-0.15, -0.1) is 0 Å². The first-order valence-corrected chi connectivity index (χ1v) is 7.67. The van der Waals surface area contributed by atoms with Gasteiger partial charge in [-0.3, -0.25) is 4.79 Å². The van der Waals surface area contributed by atoms with Crippen LogP contribution in [0.1, 0.15) is 6.42 Å². The van der Waals surface area contributed by atoms with Gasteiger partial charge in [-0.2, -0.15) is 0 Å². The Labute approximate surface area is 135 Å². The average Bonchev–Trinajstić information content (AvgIpc) is 2.61. The molecule has 2 aromatic rings. The van der Waals surface area contributed by atoms with Crippen molar-refractivity contribution >= 4 is 5.91 Å². The van der Waals surface area contributed by atoms with E-state index in [-0.39, 0.29) is 12.5 Å². The van der Waals surface area contributed by atoms with E-state index in [0.717, 1.165) is 12.2 Å². The van der Waals surface area contributed by atoms with Gasteiger partial charge in [0.05, 0.1) is 6.61 Å². The van der Waals surface area contributed by atoms with Crippen LogP contribution in [0.3, 0.4) is 0 Å². The van der Waals surface area contributed by atoms with E-state index >= 15 is 0 Å². The molecule has 0 bridgehead atoms. The van der Waals surface area contributed by atoms with E-state index < -0.39 is 6.10 Å². The minimum absolute atomic E-state index is 0.167. The largest absolute Gasteiger partial charge is 0.494 e. The minimum atomic E-state index is -0.611. The Morgan fingerprint density at radius 1 is 1.09 bits per heavy atom. The summed E-state index contributed by atoms with van der Waals surface area (Å²) >= 11 is 0. The van der Waals surface area contributed by atoms with Crippen molar-refractivity contribution in [2.45, 2.75) is 12.5 Å². The summed E-state index contributed by atoms with van der Waals surface area (Å²) in [4.78, 5) is 12.1. The highest BCUT2D eigenvalue weighted by Crippen LogP contribution is 2.30. The van der Waals surface area contributed by atoms with Crippen molar-refractivity contribution in [2.24, 2.45) is 0 Å². The molecule has 0 radical (unpaired) electrons. The number of carbonyl (C=O) groups is 1. The number of hydrogen-bond acceptors (Lipinski definition) is 4. The Hall–Kier alpha value is -2.69. The maximum absolute atomic E-state index is 12.1. The number of rotatable bonds is 6. The van der Waals surface area contributed by atoms with Gasteiger partial charge in [0.25, 0.3) is 5.91 Å². The standard InChI is InChI=1S/C18H19NO4/c20-18(17-13-22-15-9-4-5-10-16(15)23-17)19-11-6-12-21-14-7-2-1-3-8-14/h1-5,7-10,17H,6,11-13H2,(H,19,20). The molecule has 1 N–H and O–H groups in total. The van der Waals surface area contributed by atoms with Gasteiger partial charge in [-0.1, -0.05) is 30.3 Å². The molecule has 23 heavy (non-hydrogen) atoms. The molecule has 1 aliphatic rings. The molecule has 5 heteroatoms. The number of hydrogen-bond donors (Lipinski definition) is 1. The maximum Gasteiger partial charge on any atom is 0.264 e. The van der Waals surface area contributed by atoms with Gasteiger partial charge in [0.15, 0.2) is 11.5 Å². The highest BCUT2D eigenvalue weighted by molar-refractivity contribution is 5.81. The summed E-state index contributed by atoms with van der Waals surface area (Å²) in [6.45, 7) is 1.31. The molecule has 0 fully saturated rings. The molecule has 5 nitrogen and oxygen atoms in total. The van der Waals surface area contributed by atoms with Crippen molar-refractivity contribution in [2.75, 3.05) is 19.8 Å². The van der Waals surface area contributed by atoms with Crippen LogP contribution in [0.2, 0.25) is 0 Å². The number of carbonyl (C=O) groups excluding carboxylic acids is 1. The Bertz CT molecular complexity index is 644. The van der Waals surface area contributed by atoms with E-state index in [4.69, 9.17) is 14.2 Å². The van der Waals surface area contributed by atoms with E-state index in [1.165, 1.54) is 0 Å². The molecule has 0 saturated carbocycles. The van der Waals surface area contributed by atoms with Crippen LogP contribution in [-0.4, -0.2) is 31.8 Å². The normalized spacial score (nSPS) is 15.7. The third-order valence-corrected chi connectivity index (χ3v) is 3.43. The topological polar surface area (TPSA) is 56.8 Å². The number of benzene rings is 2. The third kappa shape index (κ3) is 4.16. The Morgan fingerprint density at radius 2 is 1.83 bits per heavy atom. The lowest BCUT2D eigenvalue weighted by Gasteiger charge is -2.25. The Kier molecular flexibility index (Phi) is 4.99. The summed E-state index contributed by atoms with van der Waals surface area (Å²) < 4.78 is 16.8. The zero-order chi connectivity index (χ0) is 15.9. The molecular weight excluding hydrogens is 294 g/mol. The van der Waals surface area contributed by atoms with Crippen molar-refractivity contribution in [3.05, 3.63) is 54.6 Å². The van der Waals surface area contributed by atoms with Gasteiger partial charge in [0.2, 0.25) is 6.10 Å². The quantitative estimate of drug-likeness (QED) is 0.832. The van der Waals surface area contributed by atoms with Gasteiger partial charge >= 0.3 is 0 Å². The summed E-state index contributed by atoms with van der Waals surface area (Å²) in [6, 6.07) is 16.9. The first kappa shape index (κ1) is 15.2. The summed E-state index contributed by atoms with van der Waals surface area (Å²) in [5.74, 6) is 1.94. The summed E-state index contributed by atoms with van der Waals surface area (Å²) in [5, 5.41) is 2.85. The van der Waals surface area contributed by atoms with Crippen LogP contribution in [0, 0.1) is 0 Å². The summed E-state index contributed by atoms with van der Waals surface area (Å²) in [7, 11) is 0. The summed E-state index contributed by atoms with van der Waals surface area (Å²) in [6.07, 6.45) is 0.116. The van der Waals surface area contributed by atoms with Gasteiger partial charge in [-0.05, 0) is 30.7 Å². The molecule has 1 atom stereocenters. The number of fused-ring (bicyclic) bond motifs is 1. The SMILES string of the molecule is O=C(NCCCOc1ccccc1)C1COc2ccccc2O1. The molecule has 0 spiro atoms. The second-order valence-electron chi connectivity index (χ2n) is 5.17. The second-order valence-corrected chi connectivity index (χ2v) is 5.17. The molecule has 120 valence electrons. The van der Waals surface area contributed by atoms with E-state index in [1.807, 2.05) is 48.5 Å². The monoisotopic (exact) mass is 313 g/mol. The Morgan fingerprint density at radius 3 is 2.65 bits per heavy atom. The molecule has 0 saturated heterocycles. The van der Waals surface area contributed by atoms with Gasteiger partial charge in [-0.25, -0.2) is 0 Å².